The SMILES string of the molecule is O=S(=O)(c1cnc2c(F)cc(Cl)cc2c1O)C1CNCCS1. The Kier molecular flexibility index (Phi) is 4.19. The molecule has 5 nitrogen and oxygen atoms in total. The second-order valence-corrected chi connectivity index (χ2v) is 8.95. The number of halogens is 2. The highest BCUT2D eigenvalue weighted by Crippen LogP contribution is 2.37. The van der Waals surface area contributed by atoms with Crippen molar-refractivity contribution < 1.29 is 17.9 Å². The lowest BCUT2D eigenvalue weighted by Crippen LogP contribution is -2.37. The van der Waals surface area contributed by atoms with Gasteiger partial charge in [0.2, 0.25) is 0 Å². The molecule has 0 radical (unpaired) electrons. The van der Waals surface area contributed by atoms with Gasteiger partial charge in [-0.15, -0.1) is 11.8 Å². The largest absolute Gasteiger partial charge is 0.506 e. The summed E-state index contributed by atoms with van der Waals surface area (Å²) in [4.78, 5) is 3.54. The number of hydrogen-bond acceptors (Lipinski definition) is 6. The van der Waals surface area contributed by atoms with Gasteiger partial charge in [-0.1, -0.05) is 11.6 Å². The lowest BCUT2D eigenvalue weighted by Gasteiger charge is -2.22. The molecule has 22 heavy (non-hydrogen) atoms. The first-order chi connectivity index (χ1) is 10.4. The van der Waals surface area contributed by atoms with Gasteiger partial charge in [-0.25, -0.2) is 12.8 Å². The molecule has 9 heteroatoms. The van der Waals surface area contributed by atoms with Gasteiger partial charge in [0.25, 0.3) is 0 Å². The summed E-state index contributed by atoms with van der Waals surface area (Å²) in [6.07, 6.45) is 0.999. The van der Waals surface area contributed by atoms with E-state index in [4.69, 9.17) is 11.6 Å². The van der Waals surface area contributed by atoms with Crippen LogP contribution in [0, 0.1) is 5.82 Å². The maximum atomic E-state index is 13.8. The Morgan fingerprint density at radius 1 is 1.45 bits per heavy atom. The monoisotopic (exact) mass is 362 g/mol. The number of hydrogen-bond donors (Lipinski definition) is 2. The first-order valence-electron chi connectivity index (χ1n) is 6.44. The van der Waals surface area contributed by atoms with Crippen LogP contribution in [0.15, 0.2) is 23.2 Å². The number of aromatic nitrogens is 1. The maximum Gasteiger partial charge on any atom is 0.196 e. The van der Waals surface area contributed by atoms with Gasteiger partial charge < -0.3 is 10.4 Å². The van der Waals surface area contributed by atoms with E-state index in [1.54, 1.807) is 0 Å². The zero-order valence-electron chi connectivity index (χ0n) is 11.2. The molecule has 2 heterocycles. The van der Waals surface area contributed by atoms with Gasteiger partial charge >= 0.3 is 0 Å². The molecule has 0 aliphatic carbocycles. The third kappa shape index (κ3) is 2.64. The van der Waals surface area contributed by atoms with Gasteiger partial charge in [0, 0.05) is 29.3 Å². The topological polar surface area (TPSA) is 79.3 Å². The molecule has 1 aliphatic heterocycles. The molecule has 1 saturated heterocycles. The van der Waals surface area contributed by atoms with Crippen molar-refractivity contribution in [3.63, 3.8) is 0 Å². The molecule has 1 aromatic heterocycles. The minimum Gasteiger partial charge on any atom is -0.506 e. The Balaban J connectivity index is 2.17. The zero-order valence-corrected chi connectivity index (χ0v) is 13.6. The van der Waals surface area contributed by atoms with Gasteiger partial charge in [-0.2, -0.15) is 0 Å². The van der Waals surface area contributed by atoms with Crippen LogP contribution in [-0.4, -0.2) is 41.9 Å². The summed E-state index contributed by atoms with van der Waals surface area (Å²) < 4.78 is 38.3. The fraction of sp³-hybridized carbons (Fsp3) is 0.308. The van der Waals surface area contributed by atoms with E-state index in [9.17, 15) is 17.9 Å². The highest BCUT2D eigenvalue weighted by atomic mass is 35.5. The van der Waals surface area contributed by atoms with E-state index >= 15 is 0 Å². The summed E-state index contributed by atoms with van der Waals surface area (Å²) in [5, 5.41) is 13.3. The minimum absolute atomic E-state index is 0.0140. The fourth-order valence-electron chi connectivity index (χ4n) is 2.29. The van der Waals surface area contributed by atoms with Crippen LogP contribution in [0.4, 0.5) is 4.39 Å². The molecular formula is C13H12ClFN2O3S2. The van der Waals surface area contributed by atoms with Gasteiger partial charge in [-0.05, 0) is 12.1 Å². The minimum atomic E-state index is -3.79. The van der Waals surface area contributed by atoms with Crippen molar-refractivity contribution in [1.29, 1.82) is 0 Å². The number of nitrogens with zero attached hydrogens (tertiary/aromatic N) is 1. The number of rotatable bonds is 2. The smallest absolute Gasteiger partial charge is 0.196 e. The third-order valence-electron chi connectivity index (χ3n) is 3.37. The molecule has 1 aromatic carbocycles. The van der Waals surface area contributed by atoms with E-state index in [1.165, 1.54) is 17.8 Å². The second-order valence-electron chi connectivity index (χ2n) is 4.80. The number of pyridine rings is 1. The molecule has 0 spiro atoms. The van der Waals surface area contributed by atoms with Crippen LogP contribution >= 0.6 is 23.4 Å². The van der Waals surface area contributed by atoms with Gasteiger partial charge in [-0.3, -0.25) is 4.98 Å². The molecule has 2 aromatic rings. The Hall–Kier alpha value is -1.09. The number of aromatic hydroxyl groups is 1. The molecule has 1 unspecified atom stereocenters. The Labute approximate surface area is 135 Å². The molecule has 0 bridgehead atoms. The van der Waals surface area contributed by atoms with Crippen LogP contribution in [0.1, 0.15) is 0 Å². The number of thioether (sulfide) groups is 1. The van der Waals surface area contributed by atoms with Crippen molar-refractivity contribution in [1.82, 2.24) is 10.3 Å². The van der Waals surface area contributed by atoms with Crippen LogP contribution in [0.2, 0.25) is 5.02 Å². The number of fused-ring (bicyclic) bond motifs is 1. The summed E-state index contributed by atoms with van der Waals surface area (Å²) in [6.45, 7) is 1.02. The first-order valence-corrected chi connectivity index (χ1v) is 9.41. The van der Waals surface area contributed by atoms with Crippen LogP contribution in [-0.2, 0) is 9.84 Å². The van der Waals surface area contributed by atoms with Crippen LogP contribution in [0.3, 0.4) is 0 Å². The second kappa shape index (κ2) is 5.84. The summed E-state index contributed by atoms with van der Waals surface area (Å²) in [5.74, 6) is -0.570. The molecule has 118 valence electrons. The molecule has 0 saturated carbocycles. The molecule has 2 N–H and O–H groups in total. The third-order valence-corrected chi connectivity index (χ3v) is 7.51. The van der Waals surface area contributed by atoms with E-state index in [0.29, 0.717) is 5.75 Å². The van der Waals surface area contributed by atoms with Crippen molar-refractivity contribution in [3.05, 3.63) is 29.2 Å². The molecule has 1 atom stereocenters. The summed E-state index contributed by atoms with van der Waals surface area (Å²) in [5.41, 5.74) is -0.115. The first kappa shape index (κ1) is 15.8. The Morgan fingerprint density at radius 3 is 2.91 bits per heavy atom. The van der Waals surface area contributed by atoms with E-state index in [1.807, 2.05) is 0 Å². The average Bonchev–Trinajstić information content (AvgIpc) is 2.49. The molecule has 1 aliphatic rings. The highest BCUT2D eigenvalue weighted by Gasteiger charge is 2.33. The lowest BCUT2D eigenvalue weighted by atomic mass is 10.2. The van der Waals surface area contributed by atoms with Crippen LogP contribution in [0.25, 0.3) is 10.9 Å². The van der Waals surface area contributed by atoms with E-state index in [-0.39, 0.29) is 27.4 Å². The molecular weight excluding hydrogens is 351 g/mol. The summed E-state index contributed by atoms with van der Waals surface area (Å²) >= 11 is 7.06. The summed E-state index contributed by atoms with van der Waals surface area (Å²) in [6, 6.07) is 2.36. The van der Waals surface area contributed by atoms with Crippen molar-refractivity contribution >= 4 is 44.1 Å². The standard InChI is InChI=1S/C13H12ClFN2O3S2/c14-7-3-8-12(9(15)4-7)17-5-10(13(8)18)22(19,20)11-6-16-1-2-21-11/h3-5,11,16H,1-2,6H2,(H,17,18). The normalized spacial score (nSPS) is 19.5. The fourth-order valence-corrected chi connectivity index (χ4v) is 5.77. The lowest BCUT2D eigenvalue weighted by molar-refractivity contribution is 0.463. The predicted molar refractivity (Wildman–Crippen MR) is 84.7 cm³/mol. The van der Waals surface area contributed by atoms with Gasteiger partial charge in [0.05, 0.1) is 6.20 Å². The van der Waals surface area contributed by atoms with Gasteiger partial charge in [0.15, 0.2) is 15.7 Å². The Bertz CT molecular complexity index is 839. The van der Waals surface area contributed by atoms with Crippen molar-refractivity contribution in [3.8, 4) is 5.75 Å². The number of benzene rings is 1. The molecule has 0 amide bonds. The Morgan fingerprint density at radius 2 is 2.23 bits per heavy atom. The van der Waals surface area contributed by atoms with Gasteiger partial charge in [0.1, 0.15) is 20.7 Å². The van der Waals surface area contributed by atoms with Crippen molar-refractivity contribution in [2.75, 3.05) is 18.8 Å². The highest BCUT2D eigenvalue weighted by molar-refractivity contribution is 8.13. The number of nitrogens with one attached hydrogen (secondary N) is 1. The van der Waals surface area contributed by atoms with E-state index < -0.39 is 26.0 Å². The van der Waals surface area contributed by atoms with E-state index in [0.717, 1.165) is 18.8 Å². The average molecular weight is 363 g/mol. The predicted octanol–water partition coefficient (Wildman–Crippen LogP) is 2.17. The van der Waals surface area contributed by atoms with Crippen LogP contribution < -0.4 is 5.32 Å². The quantitative estimate of drug-likeness (QED) is 0.852. The van der Waals surface area contributed by atoms with E-state index in [2.05, 4.69) is 10.3 Å². The summed E-state index contributed by atoms with van der Waals surface area (Å²) in [7, 11) is -3.79. The van der Waals surface area contributed by atoms with Crippen molar-refractivity contribution in [2.24, 2.45) is 0 Å². The zero-order chi connectivity index (χ0) is 15.9. The van der Waals surface area contributed by atoms with Crippen LogP contribution in [0.5, 0.6) is 5.75 Å². The molecule has 1 fully saturated rings. The van der Waals surface area contributed by atoms with Crippen molar-refractivity contribution in [2.45, 2.75) is 9.48 Å². The maximum absolute atomic E-state index is 13.8. The molecule has 3 rings (SSSR count). The number of sulfone groups is 1.